The maximum absolute atomic E-state index is 11.3. The van der Waals surface area contributed by atoms with Gasteiger partial charge in [0.1, 0.15) is 17.2 Å². The molecule has 0 spiro atoms. The van der Waals surface area contributed by atoms with Crippen molar-refractivity contribution in [3.8, 4) is 5.13 Å². The Morgan fingerprint density at radius 1 is 1.59 bits per heavy atom. The Morgan fingerprint density at radius 3 is 2.94 bits per heavy atom. The summed E-state index contributed by atoms with van der Waals surface area (Å²) in [4.78, 5) is 15.2. The van der Waals surface area contributed by atoms with Gasteiger partial charge in [0.25, 0.3) is 0 Å². The van der Waals surface area contributed by atoms with Crippen molar-refractivity contribution < 1.29 is 9.53 Å². The molecule has 2 N–H and O–H groups in total. The molecule has 0 saturated carbocycles. The summed E-state index contributed by atoms with van der Waals surface area (Å²) >= 11 is 1.40. The minimum absolute atomic E-state index is 0.0840. The zero-order valence-electron chi connectivity index (χ0n) is 9.38. The summed E-state index contributed by atoms with van der Waals surface area (Å²) in [5.41, 5.74) is 5.89. The number of nitrogens with zero attached hydrogens (tertiary/aromatic N) is 4. The molecule has 2 aromatic heterocycles. The molecule has 0 aliphatic rings. The standard InChI is InChI=1S/C9H11N5O2S/c1-3-5-12-13-9(17-5)14-4-11-6(7(14)10)8(15)16-2/h4H,3,10H2,1-2H3. The molecular weight excluding hydrogens is 242 g/mol. The number of methoxy groups -OCH3 is 1. The molecule has 0 fully saturated rings. The van der Waals surface area contributed by atoms with E-state index in [2.05, 4.69) is 19.9 Å². The van der Waals surface area contributed by atoms with E-state index in [1.54, 1.807) is 0 Å². The van der Waals surface area contributed by atoms with Gasteiger partial charge in [0, 0.05) is 0 Å². The van der Waals surface area contributed by atoms with Crippen LogP contribution in [-0.4, -0.2) is 32.8 Å². The normalized spacial score (nSPS) is 10.5. The van der Waals surface area contributed by atoms with Crippen LogP contribution in [0.1, 0.15) is 22.4 Å². The van der Waals surface area contributed by atoms with Gasteiger partial charge in [0.05, 0.1) is 7.11 Å². The molecule has 0 unspecified atom stereocenters. The van der Waals surface area contributed by atoms with E-state index in [0.29, 0.717) is 5.13 Å². The predicted molar refractivity (Wildman–Crippen MR) is 62.2 cm³/mol. The highest BCUT2D eigenvalue weighted by molar-refractivity contribution is 7.13. The molecule has 0 aliphatic heterocycles. The van der Waals surface area contributed by atoms with Crippen LogP contribution in [0.2, 0.25) is 0 Å². The number of carbonyl (C=O) groups excluding carboxylic acids is 1. The number of hydrogen-bond acceptors (Lipinski definition) is 7. The molecule has 0 radical (unpaired) electrons. The minimum Gasteiger partial charge on any atom is -0.464 e. The molecule has 0 amide bonds. The molecule has 8 heteroatoms. The van der Waals surface area contributed by atoms with Gasteiger partial charge in [-0.25, -0.2) is 9.78 Å². The van der Waals surface area contributed by atoms with Crippen LogP contribution in [0.3, 0.4) is 0 Å². The number of imidazole rings is 1. The minimum atomic E-state index is -0.568. The lowest BCUT2D eigenvalue weighted by Crippen LogP contribution is -2.07. The number of anilines is 1. The molecule has 2 heterocycles. The van der Waals surface area contributed by atoms with Crippen molar-refractivity contribution in [2.45, 2.75) is 13.3 Å². The lowest BCUT2D eigenvalue weighted by Gasteiger charge is -1.99. The van der Waals surface area contributed by atoms with Crippen LogP contribution >= 0.6 is 11.3 Å². The number of aryl methyl sites for hydroxylation is 1. The number of esters is 1. The first-order chi connectivity index (χ1) is 8.17. The molecule has 0 aromatic carbocycles. The number of aromatic nitrogens is 4. The first-order valence-electron chi connectivity index (χ1n) is 4.91. The average Bonchev–Trinajstić information content (AvgIpc) is 2.94. The van der Waals surface area contributed by atoms with Crippen LogP contribution in [0.5, 0.6) is 0 Å². The molecule has 0 bridgehead atoms. The van der Waals surface area contributed by atoms with E-state index in [1.165, 1.54) is 29.3 Å². The molecule has 0 atom stereocenters. The van der Waals surface area contributed by atoms with Gasteiger partial charge in [-0.15, -0.1) is 10.2 Å². The fraction of sp³-hybridized carbons (Fsp3) is 0.333. The Morgan fingerprint density at radius 2 is 2.35 bits per heavy atom. The summed E-state index contributed by atoms with van der Waals surface area (Å²) in [5.74, 6) is -0.364. The number of rotatable bonds is 3. The van der Waals surface area contributed by atoms with E-state index >= 15 is 0 Å². The quantitative estimate of drug-likeness (QED) is 0.807. The third-order valence-corrected chi connectivity index (χ3v) is 3.21. The lowest BCUT2D eigenvalue weighted by atomic mass is 10.4. The molecule has 0 aliphatic carbocycles. The molecule has 7 nitrogen and oxygen atoms in total. The van der Waals surface area contributed by atoms with Gasteiger partial charge in [-0.1, -0.05) is 18.3 Å². The number of ether oxygens (including phenoxy) is 1. The highest BCUT2D eigenvalue weighted by atomic mass is 32.1. The maximum Gasteiger partial charge on any atom is 0.360 e. The van der Waals surface area contributed by atoms with Crippen LogP contribution in [0.15, 0.2) is 6.33 Å². The summed E-state index contributed by atoms with van der Waals surface area (Å²) in [7, 11) is 1.28. The number of nitrogen functional groups attached to an aromatic ring is 1. The second-order valence-corrected chi connectivity index (χ2v) is 4.21. The number of hydrogen-bond donors (Lipinski definition) is 1. The number of carbonyl (C=O) groups is 1. The Hall–Kier alpha value is -1.96. The van der Waals surface area contributed by atoms with Gasteiger partial charge in [0.15, 0.2) is 5.69 Å². The first-order valence-corrected chi connectivity index (χ1v) is 5.73. The van der Waals surface area contributed by atoms with Gasteiger partial charge in [-0.2, -0.15) is 0 Å². The maximum atomic E-state index is 11.3. The average molecular weight is 253 g/mol. The zero-order chi connectivity index (χ0) is 12.4. The van der Waals surface area contributed by atoms with Crippen molar-refractivity contribution in [1.82, 2.24) is 19.7 Å². The molecule has 2 rings (SSSR count). The topological polar surface area (TPSA) is 95.9 Å². The summed E-state index contributed by atoms with van der Waals surface area (Å²) < 4.78 is 6.08. The van der Waals surface area contributed by atoms with Crippen molar-refractivity contribution >= 4 is 23.1 Å². The first kappa shape index (κ1) is 11.5. The zero-order valence-corrected chi connectivity index (χ0v) is 10.2. The molecule has 0 saturated heterocycles. The Balaban J connectivity index is 2.40. The molecule has 90 valence electrons. The monoisotopic (exact) mass is 253 g/mol. The summed E-state index contributed by atoms with van der Waals surface area (Å²) in [5, 5.41) is 9.43. The van der Waals surface area contributed by atoms with E-state index in [4.69, 9.17) is 5.73 Å². The summed E-state index contributed by atoms with van der Waals surface area (Å²) in [6.45, 7) is 1.99. The van der Waals surface area contributed by atoms with Crippen LogP contribution in [0, 0.1) is 0 Å². The second kappa shape index (κ2) is 4.50. The molecular formula is C9H11N5O2S. The molecule has 17 heavy (non-hydrogen) atoms. The van der Waals surface area contributed by atoms with Crippen LogP contribution in [-0.2, 0) is 11.2 Å². The van der Waals surface area contributed by atoms with Gasteiger partial charge in [0.2, 0.25) is 5.13 Å². The van der Waals surface area contributed by atoms with E-state index < -0.39 is 5.97 Å². The fourth-order valence-electron chi connectivity index (χ4n) is 1.25. The van der Waals surface area contributed by atoms with Crippen LogP contribution in [0.25, 0.3) is 5.13 Å². The lowest BCUT2D eigenvalue weighted by molar-refractivity contribution is 0.0596. The third-order valence-electron chi connectivity index (χ3n) is 2.15. The summed E-state index contributed by atoms with van der Waals surface area (Å²) in [6, 6.07) is 0. The third kappa shape index (κ3) is 1.98. The van der Waals surface area contributed by atoms with Crippen molar-refractivity contribution in [3.63, 3.8) is 0 Å². The van der Waals surface area contributed by atoms with Gasteiger partial charge < -0.3 is 10.5 Å². The van der Waals surface area contributed by atoms with E-state index in [-0.39, 0.29) is 11.5 Å². The van der Waals surface area contributed by atoms with Gasteiger partial charge in [-0.3, -0.25) is 4.57 Å². The predicted octanol–water partition coefficient (Wildman–Crippen LogP) is 0.655. The SMILES string of the molecule is CCc1nnc(-n2cnc(C(=O)OC)c2N)s1. The summed E-state index contributed by atoms with van der Waals surface area (Å²) in [6.07, 6.45) is 2.23. The van der Waals surface area contributed by atoms with E-state index in [0.717, 1.165) is 11.4 Å². The highest BCUT2D eigenvalue weighted by Gasteiger charge is 2.18. The molecule has 2 aromatic rings. The Kier molecular flexibility index (Phi) is 3.05. The van der Waals surface area contributed by atoms with Crippen molar-refractivity contribution in [2.75, 3.05) is 12.8 Å². The fourth-order valence-corrected chi connectivity index (χ4v) is 2.01. The Labute approximate surface area is 101 Å². The van der Waals surface area contributed by atoms with Gasteiger partial charge >= 0.3 is 5.97 Å². The van der Waals surface area contributed by atoms with Crippen molar-refractivity contribution in [2.24, 2.45) is 0 Å². The number of nitrogens with two attached hydrogens (primary N) is 1. The largest absolute Gasteiger partial charge is 0.464 e. The van der Waals surface area contributed by atoms with Gasteiger partial charge in [-0.05, 0) is 6.42 Å². The Bertz CT molecular complexity index is 547. The van der Waals surface area contributed by atoms with Crippen LogP contribution in [0.4, 0.5) is 5.82 Å². The van der Waals surface area contributed by atoms with E-state index in [9.17, 15) is 4.79 Å². The van der Waals surface area contributed by atoms with Crippen molar-refractivity contribution in [1.29, 1.82) is 0 Å². The second-order valence-electron chi connectivity index (χ2n) is 3.17. The van der Waals surface area contributed by atoms with Crippen LogP contribution < -0.4 is 5.73 Å². The smallest absolute Gasteiger partial charge is 0.360 e. The highest BCUT2D eigenvalue weighted by Crippen LogP contribution is 2.20. The van der Waals surface area contributed by atoms with E-state index in [1.807, 2.05) is 6.92 Å². The van der Waals surface area contributed by atoms with Crippen molar-refractivity contribution in [3.05, 3.63) is 17.0 Å².